The predicted molar refractivity (Wildman–Crippen MR) is 44.9 cm³/mol. The molecule has 0 atom stereocenters. The lowest BCUT2D eigenvalue weighted by Gasteiger charge is -2.00. The molecule has 66 valence electrons. The van der Waals surface area contributed by atoms with E-state index in [1.54, 1.807) is 12.1 Å². The maximum absolute atomic E-state index is 12.9. The average Bonchev–Trinajstić information content (AvgIpc) is 2.09. The van der Waals surface area contributed by atoms with Gasteiger partial charge in [-0.15, -0.1) is 0 Å². The number of hydrogen-bond donors (Lipinski definition) is 1. The van der Waals surface area contributed by atoms with Gasteiger partial charge >= 0.3 is 0 Å². The Labute approximate surface area is 71.1 Å². The largest absolute Gasteiger partial charge is 0.305 e. The van der Waals surface area contributed by atoms with Crippen LogP contribution in [0.15, 0.2) is 24.3 Å². The summed E-state index contributed by atoms with van der Waals surface area (Å²) in [6.45, 7) is 0.467. The standard InChI is InChI=1S/C9H12FNO/c10-9-6-2-1-4-8(9)5-3-7-12-11/h1-2,4,6H,3,5,7,11H2. The molecular weight excluding hydrogens is 157 g/mol. The molecule has 0 radical (unpaired) electrons. The first-order chi connectivity index (χ1) is 5.84. The van der Waals surface area contributed by atoms with Crippen LogP contribution < -0.4 is 5.90 Å². The number of benzene rings is 1. The lowest BCUT2D eigenvalue weighted by Crippen LogP contribution is -2.02. The smallest absolute Gasteiger partial charge is 0.126 e. The fourth-order valence-corrected chi connectivity index (χ4v) is 1.05. The van der Waals surface area contributed by atoms with Crippen LogP contribution in [-0.2, 0) is 11.3 Å². The number of halogens is 1. The molecule has 0 heterocycles. The van der Waals surface area contributed by atoms with Crippen LogP contribution in [0.1, 0.15) is 12.0 Å². The van der Waals surface area contributed by atoms with E-state index in [1.807, 2.05) is 6.07 Å². The summed E-state index contributed by atoms with van der Waals surface area (Å²) in [5.41, 5.74) is 0.717. The number of aryl methyl sites for hydroxylation is 1. The molecule has 0 aromatic heterocycles. The molecule has 0 aliphatic heterocycles. The number of nitrogens with two attached hydrogens (primary N) is 1. The molecule has 3 heteroatoms. The van der Waals surface area contributed by atoms with Gasteiger partial charge in [0.05, 0.1) is 6.61 Å². The quantitative estimate of drug-likeness (QED) is 0.549. The summed E-state index contributed by atoms with van der Waals surface area (Å²) in [7, 11) is 0. The van der Waals surface area contributed by atoms with Crippen molar-refractivity contribution in [2.45, 2.75) is 12.8 Å². The van der Waals surface area contributed by atoms with Crippen molar-refractivity contribution in [2.24, 2.45) is 5.90 Å². The lowest BCUT2D eigenvalue weighted by molar-refractivity contribution is 0.135. The fourth-order valence-electron chi connectivity index (χ4n) is 1.05. The Bertz CT molecular complexity index is 240. The zero-order valence-electron chi connectivity index (χ0n) is 6.79. The third kappa shape index (κ3) is 2.60. The molecule has 2 N–H and O–H groups in total. The second kappa shape index (κ2) is 4.85. The fraction of sp³-hybridized carbons (Fsp3) is 0.333. The molecule has 1 rings (SSSR count). The molecular formula is C9H12FNO. The maximum atomic E-state index is 12.9. The van der Waals surface area contributed by atoms with Gasteiger partial charge in [-0.2, -0.15) is 0 Å². The van der Waals surface area contributed by atoms with Gasteiger partial charge in [-0.25, -0.2) is 10.3 Å². The van der Waals surface area contributed by atoms with E-state index in [4.69, 9.17) is 5.90 Å². The Morgan fingerprint density at radius 3 is 2.75 bits per heavy atom. The summed E-state index contributed by atoms with van der Waals surface area (Å²) >= 11 is 0. The highest BCUT2D eigenvalue weighted by molar-refractivity contribution is 5.17. The van der Waals surface area contributed by atoms with Gasteiger partial charge in [0.25, 0.3) is 0 Å². The second-order valence-corrected chi connectivity index (χ2v) is 2.57. The van der Waals surface area contributed by atoms with Crippen molar-refractivity contribution in [2.75, 3.05) is 6.61 Å². The van der Waals surface area contributed by atoms with E-state index in [1.165, 1.54) is 6.07 Å². The van der Waals surface area contributed by atoms with Gasteiger partial charge in [0, 0.05) is 0 Å². The number of hydrogen-bond acceptors (Lipinski definition) is 2. The molecule has 0 aliphatic carbocycles. The normalized spacial score (nSPS) is 10.2. The van der Waals surface area contributed by atoms with Gasteiger partial charge in [0.2, 0.25) is 0 Å². The molecule has 0 saturated carbocycles. The van der Waals surface area contributed by atoms with Crippen molar-refractivity contribution in [1.29, 1.82) is 0 Å². The summed E-state index contributed by atoms with van der Waals surface area (Å²) in [5.74, 6) is 4.68. The summed E-state index contributed by atoms with van der Waals surface area (Å²) < 4.78 is 12.9. The zero-order chi connectivity index (χ0) is 8.81. The van der Waals surface area contributed by atoms with Gasteiger partial charge < -0.3 is 4.84 Å². The minimum absolute atomic E-state index is 0.158. The lowest BCUT2D eigenvalue weighted by atomic mass is 10.1. The van der Waals surface area contributed by atoms with Gasteiger partial charge in [0.15, 0.2) is 0 Å². The molecule has 0 fully saturated rings. The molecule has 12 heavy (non-hydrogen) atoms. The SMILES string of the molecule is NOCCCc1ccccc1F. The molecule has 0 aliphatic rings. The van der Waals surface area contributed by atoms with Crippen molar-refractivity contribution >= 4 is 0 Å². The molecule has 1 aromatic rings. The zero-order valence-corrected chi connectivity index (χ0v) is 6.79. The van der Waals surface area contributed by atoms with E-state index < -0.39 is 0 Å². The van der Waals surface area contributed by atoms with E-state index >= 15 is 0 Å². The Morgan fingerprint density at radius 2 is 2.08 bits per heavy atom. The summed E-state index contributed by atoms with van der Waals surface area (Å²) in [6.07, 6.45) is 1.42. The van der Waals surface area contributed by atoms with Crippen LogP contribution in [0.3, 0.4) is 0 Å². The highest BCUT2D eigenvalue weighted by Crippen LogP contribution is 2.08. The summed E-state index contributed by atoms with van der Waals surface area (Å²) in [5, 5.41) is 0. The monoisotopic (exact) mass is 169 g/mol. The van der Waals surface area contributed by atoms with Crippen LogP contribution in [0.25, 0.3) is 0 Å². The Kier molecular flexibility index (Phi) is 3.70. The van der Waals surface area contributed by atoms with E-state index in [2.05, 4.69) is 4.84 Å². The third-order valence-electron chi connectivity index (χ3n) is 1.67. The van der Waals surface area contributed by atoms with Crippen molar-refractivity contribution in [3.63, 3.8) is 0 Å². The summed E-state index contributed by atoms with van der Waals surface area (Å²) in [6, 6.07) is 6.73. The second-order valence-electron chi connectivity index (χ2n) is 2.57. The van der Waals surface area contributed by atoms with E-state index in [-0.39, 0.29) is 5.82 Å². The Morgan fingerprint density at radius 1 is 1.33 bits per heavy atom. The van der Waals surface area contributed by atoms with Crippen LogP contribution in [0.5, 0.6) is 0 Å². The van der Waals surface area contributed by atoms with Crippen LogP contribution >= 0.6 is 0 Å². The molecule has 0 saturated heterocycles. The van der Waals surface area contributed by atoms with Crippen molar-refractivity contribution in [3.8, 4) is 0 Å². The molecule has 0 unspecified atom stereocenters. The van der Waals surface area contributed by atoms with E-state index in [0.29, 0.717) is 13.0 Å². The molecule has 1 aromatic carbocycles. The third-order valence-corrected chi connectivity index (χ3v) is 1.67. The topological polar surface area (TPSA) is 35.2 Å². The van der Waals surface area contributed by atoms with Crippen LogP contribution in [0.2, 0.25) is 0 Å². The number of rotatable bonds is 4. The van der Waals surface area contributed by atoms with Gasteiger partial charge in [-0.3, -0.25) is 0 Å². The molecule has 0 bridgehead atoms. The minimum atomic E-state index is -0.158. The summed E-state index contributed by atoms with van der Waals surface area (Å²) in [4.78, 5) is 4.38. The highest BCUT2D eigenvalue weighted by Gasteiger charge is 1.98. The first-order valence-corrected chi connectivity index (χ1v) is 3.89. The van der Waals surface area contributed by atoms with Crippen molar-refractivity contribution in [3.05, 3.63) is 35.6 Å². The predicted octanol–water partition coefficient (Wildman–Crippen LogP) is 1.65. The highest BCUT2D eigenvalue weighted by atomic mass is 19.1. The Balaban J connectivity index is 2.46. The van der Waals surface area contributed by atoms with E-state index in [9.17, 15) is 4.39 Å². The van der Waals surface area contributed by atoms with Crippen molar-refractivity contribution in [1.82, 2.24) is 0 Å². The first kappa shape index (κ1) is 9.16. The van der Waals surface area contributed by atoms with Gasteiger partial charge in [0.1, 0.15) is 5.82 Å². The first-order valence-electron chi connectivity index (χ1n) is 3.89. The van der Waals surface area contributed by atoms with E-state index in [0.717, 1.165) is 12.0 Å². The molecule has 0 spiro atoms. The molecule has 2 nitrogen and oxygen atoms in total. The Hall–Kier alpha value is -0.930. The van der Waals surface area contributed by atoms with Crippen LogP contribution in [-0.4, -0.2) is 6.61 Å². The molecule has 0 amide bonds. The van der Waals surface area contributed by atoms with Crippen molar-refractivity contribution < 1.29 is 9.23 Å². The van der Waals surface area contributed by atoms with Crippen LogP contribution in [0.4, 0.5) is 4.39 Å². The maximum Gasteiger partial charge on any atom is 0.126 e. The minimum Gasteiger partial charge on any atom is -0.305 e. The van der Waals surface area contributed by atoms with Crippen LogP contribution in [0, 0.1) is 5.82 Å². The van der Waals surface area contributed by atoms with Gasteiger partial charge in [-0.1, -0.05) is 18.2 Å². The van der Waals surface area contributed by atoms with Gasteiger partial charge in [-0.05, 0) is 24.5 Å². The average molecular weight is 169 g/mol.